The molecule has 27 heavy (non-hydrogen) atoms. The third-order valence-electron chi connectivity index (χ3n) is 3.36. The Labute approximate surface area is 167 Å². The standard InChI is InChI=1S/C17H18BrNO7S/c1-4-24-16(21)12-9(2)13(17(22)25-8-7-23-3)27-15(12)19-14(20)10-5-6-11(18)26-10/h5-6H,4,7-8H2,1-3H3,(H,19,20). The van der Waals surface area contributed by atoms with Gasteiger partial charge in [-0.2, -0.15) is 0 Å². The summed E-state index contributed by atoms with van der Waals surface area (Å²) in [6.07, 6.45) is 0. The molecule has 2 rings (SSSR count). The van der Waals surface area contributed by atoms with Crippen LogP contribution in [-0.2, 0) is 14.2 Å². The molecule has 0 aromatic carbocycles. The molecule has 0 fully saturated rings. The molecule has 10 heteroatoms. The van der Waals surface area contributed by atoms with E-state index in [4.69, 9.17) is 18.6 Å². The van der Waals surface area contributed by atoms with E-state index in [1.807, 2.05) is 0 Å². The molecule has 0 unspecified atom stereocenters. The molecule has 0 bridgehead atoms. The summed E-state index contributed by atoms with van der Waals surface area (Å²) in [5.41, 5.74) is 0.483. The third-order valence-corrected chi connectivity index (χ3v) is 4.97. The number of hydrogen-bond donors (Lipinski definition) is 1. The van der Waals surface area contributed by atoms with Crippen LogP contribution in [0.1, 0.15) is 43.1 Å². The lowest BCUT2D eigenvalue weighted by atomic mass is 10.1. The maximum Gasteiger partial charge on any atom is 0.348 e. The second-order valence-electron chi connectivity index (χ2n) is 5.17. The summed E-state index contributed by atoms with van der Waals surface area (Å²) in [5, 5.41) is 2.78. The maximum absolute atomic E-state index is 12.4. The highest BCUT2D eigenvalue weighted by Crippen LogP contribution is 2.34. The molecule has 0 spiro atoms. The molecule has 2 heterocycles. The van der Waals surface area contributed by atoms with Crippen LogP contribution in [0.2, 0.25) is 0 Å². The van der Waals surface area contributed by atoms with E-state index in [0.717, 1.165) is 11.3 Å². The van der Waals surface area contributed by atoms with E-state index in [1.165, 1.54) is 13.2 Å². The van der Waals surface area contributed by atoms with Crippen molar-refractivity contribution in [2.24, 2.45) is 0 Å². The SMILES string of the molecule is CCOC(=O)c1c(NC(=O)c2ccc(Br)o2)sc(C(=O)OCCOC)c1C. The fourth-order valence-corrected chi connectivity index (χ4v) is 3.52. The molecule has 1 amide bonds. The Morgan fingerprint density at radius 2 is 1.93 bits per heavy atom. The van der Waals surface area contributed by atoms with E-state index >= 15 is 0 Å². The minimum atomic E-state index is -0.641. The highest BCUT2D eigenvalue weighted by molar-refractivity contribution is 9.10. The molecular weight excluding hydrogens is 442 g/mol. The van der Waals surface area contributed by atoms with E-state index < -0.39 is 17.8 Å². The first-order chi connectivity index (χ1) is 12.9. The number of rotatable bonds is 8. The lowest BCUT2D eigenvalue weighted by Crippen LogP contribution is -2.14. The van der Waals surface area contributed by atoms with Gasteiger partial charge in [0.05, 0.1) is 18.8 Å². The van der Waals surface area contributed by atoms with Crippen molar-refractivity contribution in [2.45, 2.75) is 13.8 Å². The molecule has 0 radical (unpaired) electrons. The lowest BCUT2D eigenvalue weighted by molar-refractivity contribution is 0.0392. The quantitative estimate of drug-likeness (QED) is 0.474. The van der Waals surface area contributed by atoms with Crippen molar-refractivity contribution in [3.63, 3.8) is 0 Å². The topological polar surface area (TPSA) is 104 Å². The number of ether oxygens (including phenoxy) is 3. The van der Waals surface area contributed by atoms with Crippen molar-refractivity contribution in [1.82, 2.24) is 0 Å². The number of carbonyl (C=O) groups excluding carboxylic acids is 3. The average molecular weight is 460 g/mol. The number of hydrogen-bond acceptors (Lipinski definition) is 8. The van der Waals surface area contributed by atoms with Gasteiger partial charge in [-0.05, 0) is 47.5 Å². The molecule has 0 aliphatic heterocycles. The average Bonchev–Trinajstić information content (AvgIpc) is 3.19. The van der Waals surface area contributed by atoms with Crippen molar-refractivity contribution in [3.8, 4) is 0 Å². The number of thiophene rings is 1. The van der Waals surface area contributed by atoms with Crippen molar-refractivity contribution in [3.05, 3.63) is 38.6 Å². The number of furan rings is 1. The second kappa shape index (κ2) is 9.67. The molecule has 0 saturated heterocycles. The lowest BCUT2D eigenvalue weighted by Gasteiger charge is -2.06. The summed E-state index contributed by atoms with van der Waals surface area (Å²) < 4.78 is 20.6. The van der Waals surface area contributed by atoms with Crippen LogP contribution < -0.4 is 5.32 Å². The molecule has 1 N–H and O–H groups in total. The molecule has 0 aliphatic rings. The molecule has 0 saturated carbocycles. The molecule has 2 aromatic heterocycles. The van der Waals surface area contributed by atoms with E-state index in [2.05, 4.69) is 21.2 Å². The first-order valence-corrected chi connectivity index (χ1v) is 9.53. The Kier molecular flexibility index (Phi) is 7.57. The maximum atomic E-state index is 12.4. The van der Waals surface area contributed by atoms with Crippen molar-refractivity contribution in [1.29, 1.82) is 0 Å². The number of methoxy groups -OCH3 is 1. The Balaban J connectivity index is 2.33. The number of halogens is 1. The normalized spacial score (nSPS) is 10.5. The van der Waals surface area contributed by atoms with Gasteiger partial charge in [-0.15, -0.1) is 11.3 Å². The van der Waals surface area contributed by atoms with E-state index in [1.54, 1.807) is 19.9 Å². The molecular formula is C17H18BrNO7S. The minimum Gasteiger partial charge on any atom is -0.462 e. The number of anilines is 1. The Morgan fingerprint density at radius 1 is 1.19 bits per heavy atom. The fourth-order valence-electron chi connectivity index (χ4n) is 2.13. The summed E-state index contributed by atoms with van der Waals surface area (Å²) in [6.45, 7) is 3.73. The Hall–Kier alpha value is -2.17. The van der Waals surface area contributed by atoms with E-state index in [-0.39, 0.29) is 41.0 Å². The molecule has 146 valence electrons. The van der Waals surface area contributed by atoms with Gasteiger partial charge in [0.2, 0.25) is 0 Å². The van der Waals surface area contributed by atoms with Crippen LogP contribution in [0, 0.1) is 6.92 Å². The monoisotopic (exact) mass is 459 g/mol. The van der Waals surface area contributed by atoms with Crippen LogP contribution in [0.25, 0.3) is 0 Å². The van der Waals surface area contributed by atoms with Gasteiger partial charge in [-0.3, -0.25) is 4.79 Å². The highest BCUT2D eigenvalue weighted by Gasteiger charge is 2.28. The van der Waals surface area contributed by atoms with Crippen molar-refractivity contribution < 1.29 is 33.0 Å². The number of nitrogens with one attached hydrogen (secondary N) is 1. The van der Waals surface area contributed by atoms with Gasteiger partial charge < -0.3 is 23.9 Å². The zero-order chi connectivity index (χ0) is 20.0. The van der Waals surface area contributed by atoms with Crippen molar-refractivity contribution >= 4 is 50.1 Å². The number of amides is 1. The summed E-state index contributed by atoms with van der Waals surface area (Å²) >= 11 is 4.05. The number of esters is 2. The van der Waals surface area contributed by atoms with Gasteiger partial charge in [-0.1, -0.05) is 0 Å². The first-order valence-electron chi connectivity index (χ1n) is 7.92. The predicted octanol–water partition coefficient (Wildman–Crippen LogP) is 3.64. The smallest absolute Gasteiger partial charge is 0.348 e. The number of carbonyl (C=O) groups is 3. The van der Waals surface area contributed by atoms with Gasteiger partial charge >= 0.3 is 11.9 Å². The highest BCUT2D eigenvalue weighted by atomic mass is 79.9. The summed E-state index contributed by atoms with van der Waals surface area (Å²) in [6, 6.07) is 3.04. The van der Waals surface area contributed by atoms with Crippen LogP contribution in [0.15, 0.2) is 21.2 Å². The molecule has 2 aromatic rings. The van der Waals surface area contributed by atoms with Gasteiger partial charge in [0.15, 0.2) is 10.4 Å². The molecule has 0 atom stereocenters. The van der Waals surface area contributed by atoms with Crippen LogP contribution in [-0.4, -0.2) is 44.8 Å². The molecule has 8 nitrogen and oxygen atoms in total. The Morgan fingerprint density at radius 3 is 2.52 bits per heavy atom. The van der Waals surface area contributed by atoms with Crippen LogP contribution in [0.3, 0.4) is 0 Å². The van der Waals surface area contributed by atoms with Crippen LogP contribution in [0.5, 0.6) is 0 Å². The second-order valence-corrected chi connectivity index (χ2v) is 6.97. The van der Waals surface area contributed by atoms with E-state index in [0.29, 0.717) is 10.2 Å². The van der Waals surface area contributed by atoms with E-state index in [9.17, 15) is 14.4 Å². The zero-order valence-corrected chi connectivity index (χ0v) is 17.3. The van der Waals surface area contributed by atoms with Gasteiger partial charge in [0, 0.05) is 7.11 Å². The zero-order valence-electron chi connectivity index (χ0n) is 14.9. The third kappa shape index (κ3) is 5.18. The van der Waals surface area contributed by atoms with Crippen LogP contribution in [0.4, 0.5) is 5.00 Å². The fraction of sp³-hybridized carbons (Fsp3) is 0.353. The largest absolute Gasteiger partial charge is 0.462 e. The van der Waals surface area contributed by atoms with Gasteiger partial charge in [-0.25, -0.2) is 9.59 Å². The van der Waals surface area contributed by atoms with Crippen molar-refractivity contribution in [2.75, 3.05) is 32.2 Å². The van der Waals surface area contributed by atoms with Crippen LogP contribution >= 0.6 is 27.3 Å². The first kappa shape index (κ1) is 21.1. The molecule has 0 aliphatic carbocycles. The van der Waals surface area contributed by atoms with Gasteiger partial charge in [0.1, 0.15) is 16.5 Å². The van der Waals surface area contributed by atoms with Gasteiger partial charge in [0.25, 0.3) is 5.91 Å². The summed E-state index contributed by atoms with van der Waals surface area (Å²) in [5.74, 6) is -1.77. The summed E-state index contributed by atoms with van der Waals surface area (Å²) in [7, 11) is 1.49. The Bertz CT molecular complexity index is 842. The minimum absolute atomic E-state index is 0.0481. The summed E-state index contributed by atoms with van der Waals surface area (Å²) in [4.78, 5) is 37.2. The predicted molar refractivity (Wildman–Crippen MR) is 102 cm³/mol.